The normalized spacial score (nSPS) is 19.5. The zero-order valence-electron chi connectivity index (χ0n) is 19.0. The standard InChI is InChI=1S/C27H24N6O2/c34-26(11-7-18-6-9-23(28-13-18)19-4-2-1-3-5-19)32-14-21-16-33(17-22(21)15-32)27(35)20-8-10-24-25(12-20)30-31-29-24/h1-13,21-22H,14-17H2,(H,29,30,31)/t21-,22-/m1/s1. The molecule has 0 aliphatic carbocycles. The van der Waals surface area contributed by atoms with Crippen molar-refractivity contribution >= 4 is 28.9 Å². The van der Waals surface area contributed by atoms with E-state index in [1.165, 1.54) is 0 Å². The van der Waals surface area contributed by atoms with Gasteiger partial charge in [0.2, 0.25) is 5.91 Å². The number of fused-ring (bicyclic) bond motifs is 2. The van der Waals surface area contributed by atoms with Gasteiger partial charge in [-0.3, -0.25) is 14.6 Å². The van der Waals surface area contributed by atoms with Gasteiger partial charge in [0.25, 0.3) is 5.91 Å². The van der Waals surface area contributed by atoms with Crippen LogP contribution in [0.1, 0.15) is 15.9 Å². The van der Waals surface area contributed by atoms with E-state index >= 15 is 0 Å². The molecule has 0 saturated carbocycles. The van der Waals surface area contributed by atoms with E-state index in [1.54, 1.807) is 30.5 Å². The largest absolute Gasteiger partial charge is 0.338 e. The molecule has 0 bridgehead atoms. The van der Waals surface area contributed by atoms with E-state index in [9.17, 15) is 9.59 Å². The molecule has 2 aliphatic heterocycles. The topological polar surface area (TPSA) is 95.1 Å². The van der Waals surface area contributed by atoms with Crippen LogP contribution in [0.5, 0.6) is 0 Å². The van der Waals surface area contributed by atoms with Gasteiger partial charge in [-0.05, 0) is 35.9 Å². The van der Waals surface area contributed by atoms with E-state index in [2.05, 4.69) is 20.4 Å². The van der Waals surface area contributed by atoms with Gasteiger partial charge in [0.05, 0.1) is 5.69 Å². The number of benzene rings is 2. The summed E-state index contributed by atoms with van der Waals surface area (Å²) in [6.45, 7) is 2.67. The molecule has 2 saturated heterocycles. The monoisotopic (exact) mass is 464 g/mol. The van der Waals surface area contributed by atoms with Gasteiger partial charge in [0.15, 0.2) is 0 Å². The van der Waals surface area contributed by atoms with Crippen molar-refractivity contribution < 1.29 is 9.59 Å². The number of nitrogens with zero attached hydrogens (tertiary/aromatic N) is 5. The number of rotatable bonds is 4. The van der Waals surface area contributed by atoms with Crippen LogP contribution in [-0.4, -0.2) is 68.2 Å². The van der Waals surface area contributed by atoms with Crippen LogP contribution in [0.2, 0.25) is 0 Å². The van der Waals surface area contributed by atoms with Gasteiger partial charge in [0.1, 0.15) is 11.0 Å². The fourth-order valence-electron chi connectivity index (χ4n) is 5.05. The van der Waals surface area contributed by atoms with Gasteiger partial charge in [-0.2, -0.15) is 15.4 Å². The maximum atomic E-state index is 13.0. The molecule has 2 aliphatic rings. The molecule has 2 aromatic heterocycles. The Bertz CT molecular complexity index is 1400. The number of pyridine rings is 1. The van der Waals surface area contributed by atoms with Crippen LogP contribution in [-0.2, 0) is 4.79 Å². The maximum Gasteiger partial charge on any atom is 0.253 e. The molecule has 2 fully saturated rings. The first-order chi connectivity index (χ1) is 17.1. The van der Waals surface area contributed by atoms with Crippen molar-refractivity contribution in [1.29, 1.82) is 0 Å². The highest BCUT2D eigenvalue weighted by Gasteiger charge is 2.42. The van der Waals surface area contributed by atoms with Crippen LogP contribution in [0.4, 0.5) is 0 Å². The van der Waals surface area contributed by atoms with Gasteiger partial charge < -0.3 is 9.80 Å². The van der Waals surface area contributed by atoms with Crippen LogP contribution < -0.4 is 0 Å². The average molecular weight is 465 g/mol. The Morgan fingerprint density at radius 3 is 2.34 bits per heavy atom. The lowest BCUT2D eigenvalue weighted by Gasteiger charge is -2.21. The Morgan fingerprint density at radius 2 is 1.60 bits per heavy atom. The minimum atomic E-state index is 0.000830. The molecule has 4 heterocycles. The predicted molar refractivity (Wildman–Crippen MR) is 132 cm³/mol. The summed E-state index contributed by atoms with van der Waals surface area (Å²) in [5.74, 6) is 0.618. The molecule has 174 valence electrons. The lowest BCUT2D eigenvalue weighted by atomic mass is 10.0. The Labute approximate surface area is 202 Å². The molecule has 2 atom stereocenters. The van der Waals surface area contributed by atoms with Gasteiger partial charge in [-0.25, -0.2) is 0 Å². The van der Waals surface area contributed by atoms with Gasteiger partial charge in [0, 0.05) is 61.4 Å². The summed E-state index contributed by atoms with van der Waals surface area (Å²) < 4.78 is 0. The fraction of sp³-hybridized carbons (Fsp3) is 0.222. The summed E-state index contributed by atoms with van der Waals surface area (Å²) in [5, 5.41) is 10.7. The highest BCUT2D eigenvalue weighted by atomic mass is 16.2. The van der Waals surface area contributed by atoms with Crippen LogP contribution in [0.3, 0.4) is 0 Å². The van der Waals surface area contributed by atoms with Crippen molar-refractivity contribution in [2.75, 3.05) is 26.2 Å². The lowest BCUT2D eigenvalue weighted by Crippen LogP contribution is -2.35. The SMILES string of the molecule is O=C(C=Cc1ccc(-c2ccccc2)nc1)N1C[C@@H]2CN(C(=O)c3ccc4n[nH]nc4c3)C[C@H]2C1. The van der Waals surface area contributed by atoms with Crippen molar-refractivity contribution in [3.8, 4) is 11.3 Å². The number of likely N-dealkylation sites (tertiary alicyclic amines) is 2. The Balaban J connectivity index is 1.05. The number of aromatic amines is 1. The van der Waals surface area contributed by atoms with E-state index in [-0.39, 0.29) is 11.8 Å². The number of hydrogen-bond acceptors (Lipinski definition) is 5. The molecule has 4 aromatic rings. The number of H-pyrrole nitrogens is 1. The van der Waals surface area contributed by atoms with Gasteiger partial charge >= 0.3 is 0 Å². The van der Waals surface area contributed by atoms with Crippen molar-refractivity contribution in [3.63, 3.8) is 0 Å². The molecule has 0 unspecified atom stereocenters. The molecule has 1 N–H and O–H groups in total. The summed E-state index contributed by atoms with van der Waals surface area (Å²) in [4.78, 5) is 34.1. The fourth-order valence-corrected chi connectivity index (χ4v) is 5.05. The molecular weight excluding hydrogens is 440 g/mol. The molecule has 0 spiro atoms. The molecular formula is C27H24N6O2. The first-order valence-electron chi connectivity index (χ1n) is 11.7. The minimum Gasteiger partial charge on any atom is -0.338 e. The average Bonchev–Trinajstić information content (AvgIpc) is 3.62. The lowest BCUT2D eigenvalue weighted by molar-refractivity contribution is -0.125. The summed E-state index contributed by atoms with van der Waals surface area (Å²) in [6, 6.07) is 19.3. The Hall–Kier alpha value is -4.33. The van der Waals surface area contributed by atoms with Gasteiger partial charge in [-0.1, -0.05) is 36.4 Å². The first-order valence-corrected chi connectivity index (χ1v) is 11.7. The summed E-state index contributed by atoms with van der Waals surface area (Å²) in [7, 11) is 0. The number of carbonyl (C=O) groups excluding carboxylic acids is 2. The van der Waals surface area contributed by atoms with Crippen molar-refractivity contribution in [1.82, 2.24) is 30.2 Å². The maximum absolute atomic E-state index is 13.0. The molecule has 2 aromatic carbocycles. The van der Waals surface area contributed by atoms with Crippen LogP contribution in [0, 0.1) is 11.8 Å². The summed E-state index contributed by atoms with van der Waals surface area (Å²) in [6.07, 6.45) is 5.22. The van der Waals surface area contributed by atoms with Gasteiger partial charge in [-0.15, -0.1) is 0 Å². The molecule has 2 amide bonds. The molecule has 6 rings (SSSR count). The van der Waals surface area contributed by atoms with E-state index in [0.717, 1.165) is 22.3 Å². The molecule has 8 nitrogen and oxygen atoms in total. The molecule has 0 radical (unpaired) electrons. The number of amides is 2. The van der Waals surface area contributed by atoms with Crippen LogP contribution in [0.25, 0.3) is 28.4 Å². The zero-order valence-corrected chi connectivity index (χ0v) is 19.0. The van der Waals surface area contributed by atoms with Crippen LogP contribution in [0.15, 0.2) is 72.9 Å². The number of hydrogen-bond donors (Lipinski definition) is 1. The quantitative estimate of drug-likeness (QED) is 0.468. The van der Waals surface area contributed by atoms with Crippen LogP contribution >= 0.6 is 0 Å². The summed E-state index contributed by atoms with van der Waals surface area (Å²) >= 11 is 0. The molecule has 8 heteroatoms. The smallest absolute Gasteiger partial charge is 0.253 e. The van der Waals surface area contributed by atoms with E-state index in [4.69, 9.17) is 0 Å². The van der Waals surface area contributed by atoms with Crippen molar-refractivity contribution in [3.05, 3.63) is 84.1 Å². The second-order valence-corrected chi connectivity index (χ2v) is 9.18. The number of carbonyl (C=O) groups is 2. The summed E-state index contributed by atoms with van der Waals surface area (Å²) in [5.41, 5.74) is 4.90. The van der Waals surface area contributed by atoms with E-state index in [0.29, 0.717) is 49.1 Å². The van der Waals surface area contributed by atoms with E-state index < -0.39 is 0 Å². The third kappa shape index (κ3) is 4.19. The van der Waals surface area contributed by atoms with E-state index in [1.807, 2.05) is 58.3 Å². The number of aromatic nitrogens is 4. The minimum absolute atomic E-state index is 0.000830. The number of nitrogens with one attached hydrogen (secondary N) is 1. The van der Waals surface area contributed by atoms with Crippen molar-refractivity contribution in [2.45, 2.75) is 0 Å². The third-order valence-electron chi connectivity index (χ3n) is 6.92. The van der Waals surface area contributed by atoms with Crippen molar-refractivity contribution in [2.24, 2.45) is 11.8 Å². The second-order valence-electron chi connectivity index (χ2n) is 9.18. The highest BCUT2D eigenvalue weighted by molar-refractivity contribution is 5.97. The Kier molecular flexibility index (Phi) is 5.33. The highest BCUT2D eigenvalue weighted by Crippen LogP contribution is 2.32. The molecule has 35 heavy (non-hydrogen) atoms. The third-order valence-corrected chi connectivity index (χ3v) is 6.92. The predicted octanol–water partition coefficient (Wildman–Crippen LogP) is 3.26. The zero-order chi connectivity index (χ0) is 23.8. The Morgan fingerprint density at radius 1 is 0.857 bits per heavy atom. The second kappa shape index (κ2) is 8.79. The first kappa shape index (κ1) is 21.2.